The Hall–Kier alpha value is -3.73. The number of hydrogen-bond donors (Lipinski definition) is 1. The Kier molecular flexibility index (Phi) is 6.49. The van der Waals surface area contributed by atoms with Crippen LogP contribution in [0.3, 0.4) is 0 Å². The lowest BCUT2D eigenvalue weighted by atomic mass is 10.0. The van der Waals surface area contributed by atoms with Crippen molar-refractivity contribution in [2.75, 3.05) is 50.5 Å². The number of nitrogen functional groups attached to an aromatic ring is 1. The molecule has 37 heavy (non-hydrogen) atoms. The lowest BCUT2D eigenvalue weighted by molar-refractivity contribution is -0.128. The van der Waals surface area contributed by atoms with Crippen LogP contribution in [0.5, 0.6) is 5.75 Å². The van der Waals surface area contributed by atoms with Gasteiger partial charge in [0.2, 0.25) is 5.91 Å². The van der Waals surface area contributed by atoms with Crippen LogP contribution in [0.2, 0.25) is 0 Å². The first-order valence-corrected chi connectivity index (χ1v) is 12.2. The molecule has 3 aliphatic heterocycles. The van der Waals surface area contributed by atoms with Crippen molar-refractivity contribution in [2.45, 2.75) is 31.5 Å². The molecule has 2 fully saturated rings. The molecule has 3 aliphatic rings. The van der Waals surface area contributed by atoms with Gasteiger partial charge < -0.3 is 29.9 Å². The van der Waals surface area contributed by atoms with Crippen molar-refractivity contribution in [2.24, 2.45) is 0 Å². The number of carbonyl (C=O) groups excluding carboxylic acids is 2. The van der Waals surface area contributed by atoms with Gasteiger partial charge in [-0.25, -0.2) is 13.8 Å². The molecule has 196 valence electrons. The molecule has 11 heteroatoms. The number of carbonyl (C=O) groups is 2. The fraction of sp³-hybridized carbons (Fsp3) is 0.423. The van der Waals surface area contributed by atoms with E-state index < -0.39 is 23.6 Å². The van der Waals surface area contributed by atoms with Crippen LogP contribution in [0.15, 0.2) is 30.9 Å². The Morgan fingerprint density at radius 3 is 2.70 bits per heavy atom. The monoisotopic (exact) mass is 513 g/mol. The maximum atomic E-state index is 16.1. The van der Waals surface area contributed by atoms with Crippen molar-refractivity contribution in [3.05, 3.63) is 48.1 Å². The summed E-state index contributed by atoms with van der Waals surface area (Å²) >= 11 is 0. The van der Waals surface area contributed by atoms with Gasteiger partial charge in [-0.3, -0.25) is 9.59 Å². The maximum Gasteiger partial charge on any atom is 0.262 e. The molecule has 0 bridgehead atoms. The quantitative estimate of drug-likeness (QED) is 0.495. The minimum atomic E-state index is -0.960. The van der Waals surface area contributed by atoms with Gasteiger partial charge in [0.25, 0.3) is 5.91 Å². The second-order valence-electron chi connectivity index (χ2n) is 9.55. The fourth-order valence-electron chi connectivity index (χ4n) is 5.39. The Morgan fingerprint density at radius 2 is 2.03 bits per heavy atom. The van der Waals surface area contributed by atoms with E-state index in [1.54, 1.807) is 16.9 Å². The van der Waals surface area contributed by atoms with Gasteiger partial charge in [-0.2, -0.15) is 0 Å². The molecule has 0 radical (unpaired) electrons. The van der Waals surface area contributed by atoms with E-state index in [1.165, 1.54) is 24.3 Å². The molecule has 1 unspecified atom stereocenters. The minimum absolute atomic E-state index is 0.0116. The van der Waals surface area contributed by atoms with Crippen LogP contribution < -0.4 is 15.4 Å². The second kappa shape index (κ2) is 9.62. The average Bonchev–Trinajstić information content (AvgIpc) is 3.20. The van der Waals surface area contributed by atoms with Gasteiger partial charge in [0.05, 0.1) is 17.7 Å². The van der Waals surface area contributed by atoms with Crippen molar-refractivity contribution in [3.8, 4) is 17.0 Å². The molecular formula is C26H29F2N5O4. The standard InChI is InChI=1S/C26H29F2N5O4/c1-4-19(34)31-8-9-32-15(11-31)13-37-24-21(26(32)35)25(33-12-16(36-3)10-14(33)2)30-23(22(24)28)20-17(27)6-5-7-18(20)29/h4-7,14-16H,1,8-13,29H2,2-3H3/t14-,15+,16?/m0/s1. The van der Waals surface area contributed by atoms with Gasteiger partial charge in [0.15, 0.2) is 11.6 Å². The number of fused-ring (bicyclic) bond motifs is 2. The zero-order valence-electron chi connectivity index (χ0n) is 20.7. The molecule has 1 aromatic carbocycles. The number of methoxy groups -OCH3 is 1. The Morgan fingerprint density at radius 1 is 1.24 bits per heavy atom. The first-order chi connectivity index (χ1) is 17.7. The summed E-state index contributed by atoms with van der Waals surface area (Å²) in [4.78, 5) is 35.7. The summed E-state index contributed by atoms with van der Waals surface area (Å²) in [6, 6.07) is 3.47. The van der Waals surface area contributed by atoms with E-state index >= 15 is 4.39 Å². The summed E-state index contributed by atoms with van der Waals surface area (Å²) in [7, 11) is 1.61. The van der Waals surface area contributed by atoms with E-state index in [-0.39, 0.29) is 71.8 Å². The summed E-state index contributed by atoms with van der Waals surface area (Å²) in [5.74, 6) is -2.51. The zero-order valence-corrected chi connectivity index (χ0v) is 20.7. The van der Waals surface area contributed by atoms with E-state index in [4.69, 9.17) is 15.2 Å². The molecule has 5 rings (SSSR count). The average molecular weight is 514 g/mol. The first-order valence-electron chi connectivity index (χ1n) is 12.2. The van der Waals surface area contributed by atoms with Crippen molar-refractivity contribution in [1.29, 1.82) is 0 Å². The van der Waals surface area contributed by atoms with E-state index in [9.17, 15) is 14.0 Å². The molecule has 2 aromatic rings. The minimum Gasteiger partial charge on any atom is -0.487 e. The number of halogens is 2. The van der Waals surface area contributed by atoms with Crippen LogP contribution in [0, 0.1) is 11.6 Å². The Labute approximate surface area is 213 Å². The molecule has 0 aliphatic carbocycles. The number of ether oxygens (including phenoxy) is 2. The third-order valence-electron chi connectivity index (χ3n) is 7.36. The van der Waals surface area contributed by atoms with Crippen LogP contribution >= 0.6 is 0 Å². The number of nitrogens with two attached hydrogens (primary N) is 1. The smallest absolute Gasteiger partial charge is 0.262 e. The Bertz CT molecular complexity index is 1250. The molecule has 1 aromatic heterocycles. The van der Waals surface area contributed by atoms with Gasteiger partial charge in [0, 0.05) is 45.0 Å². The molecule has 2 amide bonds. The van der Waals surface area contributed by atoms with Gasteiger partial charge in [0.1, 0.15) is 29.5 Å². The fourth-order valence-corrected chi connectivity index (χ4v) is 5.39. The van der Waals surface area contributed by atoms with Gasteiger partial charge in [-0.05, 0) is 31.6 Å². The van der Waals surface area contributed by atoms with Crippen LogP contribution in [-0.2, 0) is 9.53 Å². The molecular weight excluding hydrogens is 484 g/mol. The predicted molar refractivity (Wildman–Crippen MR) is 133 cm³/mol. The van der Waals surface area contributed by atoms with Crippen LogP contribution in [-0.4, -0.2) is 84.7 Å². The predicted octanol–water partition coefficient (Wildman–Crippen LogP) is 2.45. The third-order valence-corrected chi connectivity index (χ3v) is 7.36. The molecule has 9 nitrogen and oxygen atoms in total. The lowest BCUT2D eigenvalue weighted by Gasteiger charge is -2.39. The number of anilines is 2. The Balaban J connectivity index is 1.67. The number of piperazine rings is 1. The van der Waals surface area contributed by atoms with E-state index in [1.807, 2.05) is 11.8 Å². The normalized spacial score (nSPS) is 23.3. The highest BCUT2D eigenvalue weighted by Gasteiger charge is 2.43. The van der Waals surface area contributed by atoms with Crippen molar-refractivity contribution >= 4 is 23.3 Å². The largest absolute Gasteiger partial charge is 0.487 e. The van der Waals surface area contributed by atoms with Crippen LogP contribution in [0.4, 0.5) is 20.3 Å². The number of pyridine rings is 1. The lowest BCUT2D eigenvalue weighted by Crippen LogP contribution is -2.57. The highest BCUT2D eigenvalue weighted by molar-refractivity contribution is 6.03. The molecule has 4 heterocycles. The highest BCUT2D eigenvalue weighted by atomic mass is 19.1. The van der Waals surface area contributed by atoms with Crippen LogP contribution in [0.1, 0.15) is 23.7 Å². The van der Waals surface area contributed by atoms with Crippen molar-refractivity contribution < 1.29 is 27.8 Å². The summed E-state index contributed by atoms with van der Waals surface area (Å²) < 4.78 is 42.5. The van der Waals surface area contributed by atoms with Crippen LogP contribution in [0.25, 0.3) is 11.3 Å². The summed E-state index contributed by atoms with van der Waals surface area (Å²) in [5.41, 5.74) is 5.51. The molecule has 2 saturated heterocycles. The molecule has 0 spiro atoms. The van der Waals surface area contributed by atoms with E-state index in [0.717, 1.165) is 0 Å². The number of aromatic nitrogens is 1. The van der Waals surface area contributed by atoms with Gasteiger partial charge in [-0.1, -0.05) is 12.6 Å². The zero-order chi connectivity index (χ0) is 26.4. The first kappa shape index (κ1) is 24.9. The number of amides is 2. The van der Waals surface area contributed by atoms with Crippen molar-refractivity contribution in [3.63, 3.8) is 0 Å². The second-order valence-corrected chi connectivity index (χ2v) is 9.55. The highest BCUT2D eigenvalue weighted by Crippen LogP contribution is 2.43. The number of nitrogens with zero attached hydrogens (tertiary/aromatic N) is 4. The third kappa shape index (κ3) is 4.16. The molecule has 2 N–H and O–H groups in total. The number of rotatable bonds is 4. The van der Waals surface area contributed by atoms with Crippen molar-refractivity contribution in [1.82, 2.24) is 14.8 Å². The number of benzene rings is 1. The maximum absolute atomic E-state index is 16.1. The summed E-state index contributed by atoms with van der Waals surface area (Å²) in [5, 5.41) is 0. The topological polar surface area (TPSA) is 101 Å². The number of hydrogen-bond acceptors (Lipinski definition) is 7. The SMILES string of the molecule is C=CC(=O)N1CCN2C(=O)c3c(N4CC(OC)C[C@@H]4C)nc(-c4c(N)cccc4F)c(F)c3OC[C@H]2C1. The summed E-state index contributed by atoms with van der Waals surface area (Å²) in [6.07, 6.45) is 1.77. The van der Waals surface area contributed by atoms with E-state index in [0.29, 0.717) is 19.5 Å². The summed E-state index contributed by atoms with van der Waals surface area (Å²) in [6.45, 7) is 6.61. The van der Waals surface area contributed by atoms with Gasteiger partial charge in [-0.15, -0.1) is 0 Å². The van der Waals surface area contributed by atoms with Gasteiger partial charge >= 0.3 is 0 Å². The molecule has 0 saturated carbocycles. The van der Waals surface area contributed by atoms with E-state index in [2.05, 4.69) is 11.6 Å². The molecule has 3 atom stereocenters.